The van der Waals surface area contributed by atoms with Crippen molar-refractivity contribution in [2.45, 2.75) is 51.7 Å². The van der Waals surface area contributed by atoms with Gasteiger partial charge in [-0.15, -0.1) is 0 Å². The Balaban J connectivity index is 2.26. The van der Waals surface area contributed by atoms with Gasteiger partial charge in [-0.3, -0.25) is 9.58 Å². The van der Waals surface area contributed by atoms with E-state index in [1.165, 1.54) is 12.1 Å². The predicted molar refractivity (Wildman–Crippen MR) is 69.8 cm³/mol. The van der Waals surface area contributed by atoms with Gasteiger partial charge in [0.2, 0.25) is 0 Å². The Morgan fingerprint density at radius 3 is 2.94 bits per heavy atom. The highest BCUT2D eigenvalue weighted by Gasteiger charge is 2.34. The van der Waals surface area contributed by atoms with Crippen LogP contribution in [0.5, 0.6) is 0 Å². The predicted octanol–water partition coefficient (Wildman–Crippen LogP) is 1.95. The summed E-state index contributed by atoms with van der Waals surface area (Å²) in [6.45, 7) is 8.80. The summed E-state index contributed by atoms with van der Waals surface area (Å²) in [4.78, 5) is 2.50. The molecule has 0 saturated carbocycles. The van der Waals surface area contributed by atoms with Crippen LogP contribution in [0.25, 0.3) is 0 Å². The van der Waals surface area contributed by atoms with Gasteiger partial charge >= 0.3 is 0 Å². The summed E-state index contributed by atoms with van der Waals surface area (Å²) in [6.07, 6.45) is 4.16. The molecule has 1 aromatic heterocycles. The molecule has 2 atom stereocenters. The summed E-state index contributed by atoms with van der Waals surface area (Å²) in [5.74, 6) is 0. The van der Waals surface area contributed by atoms with Gasteiger partial charge < -0.3 is 5.73 Å². The van der Waals surface area contributed by atoms with Crippen LogP contribution in [0.15, 0.2) is 12.3 Å². The van der Waals surface area contributed by atoms with E-state index in [1.54, 1.807) is 0 Å². The summed E-state index contributed by atoms with van der Waals surface area (Å²) < 4.78 is 2.11. The topological polar surface area (TPSA) is 47.1 Å². The number of hydrogen-bond donors (Lipinski definition) is 1. The number of aromatic nitrogens is 2. The maximum absolute atomic E-state index is 6.28. The van der Waals surface area contributed by atoms with E-state index in [1.807, 2.05) is 6.20 Å². The molecule has 17 heavy (non-hydrogen) atoms. The van der Waals surface area contributed by atoms with Crippen molar-refractivity contribution >= 4 is 0 Å². The van der Waals surface area contributed by atoms with E-state index in [0.717, 1.165) is 19.5 Å². The van der Waals surface area contributed by atoms with Crippen molar-refractivity contribution < 1.29 is 0 Å². The molecule has 0 aliphatic carbocycles. The molecule has 96 valence electrons. The van der Waals surface area contributed by atoms with Crippen LogP contribution in [-0.4, -0.2) is 33.8 Å². The molecule has 0 aromatic carbocycles. The number of nitrogens with zero attached hydrogens (tertiary/aromatic N) is 3. The number of rotatable bonds is 4. The van der Waals surface area contributed by atoms with Crippen LogP contribution >= 0.6 is 0 Å². The van der Waals surface area contributed by atoms with Gasteiger partial charge in [0.1, 0.15) is 0 Å². The average Bonchev–Trinajstić information content (AvgIpc) is 2.85. The van der Waals surface area contributed by atoms with Crippen LogP contribution in [-0.2, 0) is 0 Å². The van der Waals surface area contributed by atoms with Gasteiger partial charge in [0.15, 0.2) is 0 Å². The van der Waals surface area contributed by atoms with Gasteiger partial charge in [-0.1, -0.05) is 6.92 Å². The Bertz CT molecular complexity index is 356. The first-order valence-corrected chi connectivity index (χ1v) is 6.68. The van der Waals surface area contributed by atoms with Gasteiger partial charge in [0, 0.05) is 24.8 Å². The van der Waals surface area contributed by atoms with E-state index in [4.69, 9.17) is 5.73 Å². The molecule has 2 heterocycles. The van der Waals surface area contributed by atoms with Crippen molar-refractivity contribution in [1.82, 2.24) is 14.7 Å². The molecule has 1 saturated heterocycles. The van der Waals surface area contributed by atoms with E-state index in [-0.39, 0.29) is 6.04 Å². The first kappa shape index (κ1) is 12.6. The molecule has 1 aliphatic heterocycles. The second-order valence-electron chi connectivity index (χ2n) is 5.23. The maximum Gasteiger partial charge on any atom is 0.0671 e. The zero-order valence-corrected chi connectivity index (χ0v) is 11.1. The molecule has 0 spiro atoms. The highest BCUT2D eigenvalue weighted by Crippen LogP contribution is 2.32. The second kappa shape index (κ2) is 5.19. The van der Waals surface area contributed by atoms with E-state index in [9.17, 15) is 0 Å². The zero-order chi connectivity index (χ0) is 12.4. The van der Waals surface area contributed by atoms with Crippen LogP contribution in [0.4, 0.5) is 0 Å². The normalized spacial score (nSPS) is 25.9. The summed E-state index contributed by atoms with van der Waals surface area (Å²) in [5.41, 5.74) is 7.55. The summed E-state index contributed by atoms with van der Waals surface area (Å²) in [7, 11) is 0. The Kier molecular flexibility index (Phi) is 3.84. The van der Waals surface area contributed by atoms with Gasteiger partial charge in [-0.2, -0.15) is 5.10 Å². The Morgan fingerprint density at radius 1 is 1.53 bits per heavy atom. The SMILES string of the molecule is CCCN1CC[C@H](N)[C@H]1c1ccnn1C(C)C. The number of nitrogens with two attached hydrogens (primary N) is 1. The van der Waals surface area contributed by atoms with Crippen LogP contribution in [0.2, 0.25) is 0 Å². The Morgan fingerprint density at radius 2 is 2.29 bits per heavy atom. The number of likely N-dealkylation sites (tertiary alicyclic amines) is 1. The average molecular weight is 236 g/mol. The molecule has 1 aliphatic rings. The van der Waals surface area contributed by atoms with E-state index in [2.05, 4.69) is 41.5 Å². The number of hydrogen-bond acceptors (Lipinski definition) is 3. The largest absolute Gasteiger partial charge is 0.326 e. The van der Waals surface area contributed by atoms with Crippen molar-refractivity contribution in [2.75, 3.05) is 13.1 Å². The molecule has 4 nitrogen and oxygen atoms in total. The molecule has 4 heteroatoms. The van der Waals surface area contributed by atoms with Gasteiger partial charge in [0.05, 0.1) is 11.7 Å². The molecular formula is C13H24N4. The summed E-state index contributed by atoms with van der Waals surface area (Å²) in [5, 5.41) is 4.42. The lowest BCUT2D eigenvalue weighted by Crippen LogP contribution is -2.34. The minimum absolute atomic E-state index is 0.246. The Hall–Kier alpha value is -0.870. The molecule has 0 amide bonds. The lowest BCUT2D eigenvalue weighted by Gasteiger charge is -2.27. The smallest absolute Gasteiger partial charge is 0.0671 e. The molecule has 0 radical (unpaired) electrons. The molecule has 2 rings (SSSR count). The molecule has 0 bridgehead atoms. The molecular weight excluding hydrogens is 212 g/mol. The minimum atomic E-state index is 0.246. The fraction of sp³-hybridized carbons (Fsp3) is 0.769. The standard InChI is InChI=1S/C13H24N4/c1-4-8-16-9-6-11(14)13(16)12-5-7-15-17(12)10(2)3/h5,7,10-11,13H,4,6,8-9,14H2,1-3H3/t11-,13-/m0/s1. The zero-order valence-electron chi connectivity index (χ0n) is 11.1. The molecule has 2 N–H and O–H groups in total. The molecule has 1 fully saturated rings. The quantitative estimate of drug-likeness (QED) is 0.869. The summed E-state index contributed by atoms with van der Waals surface area (Å²) >= 11 is 0. The van der Waals surface area contributed by atoms with Crippen molar-refractivity contribution in [1.29, 1.82) is 0 Å². The van der Waals surface area contributed by atoms with Crippen molar-refractivity contribution in [3.05, 3.63) is 18.0 Å². The van der Waals surface area contributed by atoms with E-state index in [0.29, 0.717) is 12.1 Å². The third-order valence-corrected chi connectivity index (χ3v) is 3.55. The van der Waals surface area contributed by atoms with Crippen molar-refractivity contribution in [3.63, 3.8) is 0 Å². The second-order valence-corrected chi connectivity index (χ2v) is 5.23. The van der Waals surface area contributed by atoms with Gasteiger partial charge in [-0.25, -0.2) is 0 Å². The first-order valence-electron chi connectivity index (χ1n) is 6.68. The van der Waals surface area contributed by atoms with Crippen molar-refractivity contribution in [2.24, 2.45) is 5.73 Å². The van der Waals surface area contributed by atoms with Crippen LogP contribution in [0, 0.1) is 0 Å². The van der Waals surface area contributed by atoms with Crippen molar-refractivity contribution in [3.8, 4) is 0 Å². The lowest BCUT2D eigenvalue weighted by atomic mass is 10.1. The lowest BCUT2D eigenvalue weighted by molar-refractivity contribution is 0.234. The van der Waals surface area contributed by atoms with E-state index >= 15 is 0 Å². The highest BCUT2D eigenvalue weighted by molar-refractivity contribution is 5.13. The third kappa shape index (κ3) is 2.38. The van der Waals surface area contributed by atoms with Crippen LogP contribution in [0.1, 0.15) is 51.4 Å². The minimum Gasteiger partial charge on any atom is -0.326 e. The molecule has 0 unspecified atom stereocenters. The van der Waals surface area contributed by atoms with Crippen LogP contribution in [0.3, 0.4) is 0 Å². The fourth-order valence-electron chi connectivity index (χ4n) is 2.82. The van der Waals surface area contributed by atoms with E-state index < -0.39 is 0 Å². The molecule has 1 aromatic rings. The maximum atomic E-state index is 6.28. The summed E-state index contributed by atoms with van der Waals surface area (Å²) in [6, 6.07) is 3.12. The monoisotopic (exact) mass is 236 g/mol. The third-order valence-electron chi connectivity index (χ3n) is 3.55. The van der Waals surface area contributed by atoms with Gasteiger partial charge in [-0.05, 0) is 39.3 Å². The van der Waals surface area contributed by atoms with Crippen LogP contribution < -0.4 is 5.73 Å². The fourth-order valence-corrected chi connectivity index (χ4v) is 2.82. The van der Waals surface area contributed by atoms with Gasteiger partial charge in [0.25, 0.3) is 0 Å². The first-order chi connectivity index (χ1) is 8.15. The Labute approximate surface area is 104 Å². The highest BCUT2D eigenvalue weighted by atomic mass is 15.3.